The van der Waals surface area contributed by atoms with E-state index in [0.717, 1.165) is 43.5 Å². The number of nitro benzene ring substituents is 1. The van der Waals surface area contributed by atoms with E-state index in [1.54, 1.807) is 6.92 Å². The topological polar surface area (TPSA) is 105 Å². The Morgan fingerprint density at radius 3 is 2.33 bits per heavy atom. The number of rotatable bonds is 8. The highest BCUT2D eigenvalue weighted by Crippen LogP contribution is 2.36. The Hall–Kier alpha value is -3.04. The molecule has 0 aromatic heterocycles. The first-order valence-electron chi connectivity index (χ1n) is 8.40. The number of ether oxygens (including phenoxy) is 2. The predicted molar refractivity (Wildman–Crippen MR) is 99.2 cm³/mol. The molecule has 0 amide bonds. The van der Waals surface area contributed by atoms with Crippen LogP contribution in [0.3, 0.4) is 0 Å². The minimum absolute atomic E-state index is 0.0446. The van der Waals surface area contributed by atoms with E-state index in [1.165, 1.54) is 0 Å². The molecule has 0 aliphatic rings. The van der Waals surface area contributed by atoms with Gasteiger partial charge in [0, 0.05) is 17.7 Å². The third-order valence-electron chi connectivity index (χ3n) is 3.87. The van der Waals surface area contributed by atoms with E-state index in [0.29, 0.717) is 5.56 Å². The number of hydrogen-bond acceptors (Lipinski definition) is 7. The number of carbonyl (C=O) groups is 1. The summed E-state index contributed by atoms with van der Waals surface area (Å²) >= 11 is 0. The van der Waals surface area contributed by atoms with E-state index in [9.17, 15) is 32.6 Å². The molecule has 30 heavy (non-hydrogen) atoms. The van der Waals surface area contributed by atoms with Gasteiger partial charge >= 0.3 is 31.2 Å². The van der Waals surface area contributed by atoms with Gasteiger partial charge in [0.2, 0.25) is 0 Å². The second-order valence-electron chi connectivity index (χ2n) is 5.79. The van der Waals surface area contributed by atoms with Gasteiger partial charge in [0.1, 0.15) is 11.5 Å². The average molecular weight is 446 g/mol. The molecule has 0 heterocycles. The average Bonchev–Trinajstić information content (AvgIpc) is 2.70. The van der Waals surface area contributed by atoms with Gasteiger partial charge in [-0.2, -0.15) is 13.2 Å². The SMILES string of the molecule is CCc1cc([N+](=O)[O-])c([P+](=O)OCC(=O)OC)cc1Oc1ccc(C(F)(F)F)cc1. The molecule has 8 nitrogen and oxygen atoms in total. The number of methoxy groups -OCH3 is 1. The van der Waals surface area contributed by atoms with E-state index in [-0.39, 0.29) is 23.2 Å². The lowest BCUT2D eigenvalue weighted by molar-refractivity contribution is -0.383. The summed E-state index contributed by atoms with van der Waals surface area (Å²) in [5, 5.41) is 11.0. The highest BCUT2D eigenvalue weighted by molar-refractivity contribution is 7.48. The number of hydrogen-bond donors (Lipinski definition) is 0. The Morgan fingerprint density at radius 1 is 1.20 bits per heavy atom. The lowest BCUT2D eigenvalue weighted by atomic mass is 10.1. The second kappa shape index (κ2) is 9.64. The number of carbonyl (C=O) groups excluding carboxylic acids is 1. The third-order valence-corrected chi connectivity index (χ3v) is 4.98. The van der Waals surface area contributed by atoms with Crippen LogP contribution in [0.5, 0.6) is 11.5 Å². The molecule has 1 unspecified atom stereocenters. The molecule has 0 saturated carbocycles. The van der Waals surface area contributed by atoms with Gasteiger partial charge in [0.15, 0.2) is 6.61 Å². The Balaban J connectivity index is 2.40. The molecule has 0 fully saturated rings. The van der Waals surface area contributed by atoms with Gasteiger partial charge in [-0.25, -0.2) is 4.79 Å². The standard InChI is InChI=1S/C18H16F3NO7P/c1-3-11-8-14(22(24)25)16(30(26)28-10-17(23)27-2)9-15(11)29-13-6-4-12(5-7-13)18(19,20)21/h4-9H,3,10H2,1-2H3/q+1. The van der Waals surface area contributed by atoms with Gasteiger partial charge in [0.25, 0.3) is 0 Å². The summed E-state index contributed by atoms with van der Waals surface area (Å²) < 4.78 is 65.3. The minimum Gasteiger partial charge on any atom is -0.467 e. The van der Waals surface area contributed by atoms with Gasteiger partial charge in [-0.15, -0.1) is 4.52 Å². The number of esters is 1. The lowest BCUT2D eigenvalue weighted by Gasteiger charge is -2.11. The largest absolute Gasteiger partial charge is 0.556 e. The van der Waals surface area contributed by atoms with E-state index in [1.807, 2.05) is 0 Å². The minimum atomic E-state index is -4.51. The van der Waals surface area contributed by atoms with Gasteiger partial charge in [-0.1, -0.05) is 6.92 Å². The van der Waals surface area contributed by atoms with E-state index >= 15 is 0 Å². The summed E-state index contributed by atoms with van der Waals surface area (Å²) in [6.45, 7) is 1.000. The first kappa shape index (κ1) is 23.2. The van der Waals surface area contributed by atoms with Crippen LogP contribution in [0.25, 0.3) is 0 Å². The van der Waals surface area contributed by atoms with Crippen molar-refractivity contribution in [3.8, 4) is 11.5 Å². The molecule has 0 aliphatic carbocycles. The predicted octanol–water partition coefficient (Wildman–Crippen LogP) is 4.53. The molecular formula is C18H16F3NO7P+. The summed E-state index contributed by atoms with van der Waals surface area (Å²) in [6.07, 6.45) is -4.22. The maximum atomic E-state index is 12.7. The van der Waals surface area contributed by atoms with Gasteiger partial charge in [-0.3, -0.25) is 10.1 Å². The van der Waals surface area contributed by atoms with E-state index in [2.05, 4.69) is 4.74 Å². The van der Waals surface area contributed by atoms with Crippen molar-refractivity contribution in [2.45, 2.75) is 19.5 Å². The van der Waals surface area contributed by atoms with Crippen molar-refractivity contribution >= 4 is 25.0 Å². The Kier molecular flexibility index (Phi) is 7.47. The fraction of sp³-hybridized carbons (Fsp3) is 0.278. The molecule has 0 radical (unpaired) electrons. The number of aryl methyl sites for hydroxylation is 1. The number of halogens is 3. The molecule has 0 saturated heterocycles. The highest BCUT2D eigenvalue weighted by atomic mass is 31.1. The van der Waals surface area contributed by atoms with Crippen LogP contribution in [0.1, 0.15) is 18.1 Å². The number of alkyl halides is 3. The first-order chi connectivity index (χ1) is 14.1. The summed E-state index contributed by atoms with van der Waals surface area (Å²) in [4.78, 5) is 21.8. The third kappa shape index (κ3) is 5.74. The maximum absolute atomic E-state index is 12.7. The zero-order valence-corrected chi connectivity index (χ0v) is 16.7. The molecule has 2 aromatic rings. The first-order valence-corrected chi connectivity index (χ1v) is 9.58. The van der Waals surface area contributed by atoms with E-state index < -0.39 is 43.0 Å². The molecule has 0 spiro atoms. The molecule has 12 heteroatoms. The number of nitro groups is 1. The van der Waals surface area contributed by atoms with Crippen molar-refractivity contribution in [3.63, 3.8) is 0 Å². The zero-order chi connectivity index (χ0) is 22.5. The molecular weight excluding hydrogens is 430 g/mol. The summed E-state index contributed by atoms with van der Waals surface area (Å²) in [7, 11) is -1.73. The molecule has 1 atom stereocenters. The molecule has 0 aliphatic heterocycles. The van der Waals surface area contributed by atoms with Crippen LogP contribution in [0.2, 0.25) is 0 Å². The van der Waals surface area contributed by atoms with Gasteiger partial charge < -0.3 is 9.47 Å². The Bertz CT molecular complexity index is 961. The molecule has 2 rings (SSSR count). The summed E-state index contributed by atoms with van der Waals surface area (Å²) in [5.74, 6) is -0.724. The van der Waals surface area contributed by atoms with Crippen LogP contribution in [0.15, 0.2) is 36.4 Å². The van der Waals surface area contributed by atoms with Gasteiger partial charge in [0.05, 0.1) is 17.6 Å². The van der Waals surface area contributed by atoms with Gasteiger partial charge in [-0.05, 0) is 35.3 Å². The number of benzene rings is 2. The van der Waals surface area contributed by atoms with Crippen molar-refractivity contribution < 1.29 is 41.5 Å². The molecule has 2 aromatic carbocycles. The Labute approximate surface area is 169 Å². The fourth-order valence-corrected chi connectivity index (χ4v) is 3.26. The van der Waals surface area contributed by atoms with Crippen molar-refractivity contribution in [2.24, 2.45) is 0 Å². The van der Waals surface area contributed by atoms with Crippen molar-refractivity contribution in [1.29, 1.82) is 0 Å². The highest BCUT2D eigenvalue weighted by Gasteiger charge is 2.36. The monoisotopic (exact) mass is 446 g/mol. The van der Waals surface area contributed by atoms with Crippen LogP contribution in [-0.4, -0.2) is 24.6 Å². The van der Waals surface area contributed by atoms with E-state index in [4.69, 9.17) is 9.26 Å². The van der Waals surface area contributed by atoms with Crippen molar-refractivity contribution in [1.82, 2.24) is 0 Å². The Morgan fingerprint density at radius 2 is 1.83 bits per heavy atom. The smallest absolute Gasteiger partial charge is 0.467 e. The quantitative estimate of drug-likeness (QED) is 0.254. The lowest BCUT2D eigenvalue weighted by Crippen LogP contribution is -2.12. The summed E-state index contributed by atoms with van der Waals surface area (Å²) in [5.41, 5.74) is -1.01. The van der Waals surface area contributed by atoms with Crippen LogP contribution in [0, 0.1) is 10.1 Å². The van der Waals surface area contributed by atoms with Crippen molar-refractivity contribution in [2.75, 3.05) is 13.7 Å². The second-order valence-corrected chi connectivity index (χ2v) is 7.04. The zero-order valence-electron chi connectivity index (χ0n) is 15.8. The van der Waals surface area contributed by atoms with Crippen LogP contribution >= 0.6 is 8.03 Å². The van der Waals surface area contributed by atoms with Crippen LogP contribution < -0.4 is 10.0 Å². The number of nitrogens with zero attached hydrogens (tertiary/aromatic N) is 1. The van der Waals surface area contributed by atoms with Crippen molar-refractivity contribution in [3.05, 3.63) is 57.6 Å². The normalized spacial score (nSPS) is 11.7. The molecule has 160 valence electrons. The fourth-order valence-electron chi connectivity index (χ4n) is 2.34. The van der Waals surface area contributed by atoms with Crippen LogP contribution in [0.4, 0.5) is 18.9 Å². The maximum Gasteiger partial charge on any atom is 0.556 e. The summed E-state index contributed by atoms with van der Waals surface area (Å²) in [6, 6.07) is 6.10. The molecule has 0 N–H and O–H groups in total. The molecule has 0 bridgehead atoms. The van der Waals surface area contributed by atoms with Crippen LogP contribution in [-0.2, 0) is 31.2 Å².